The molecule has 1 aliphatic carbocycles. The average Bonchev–Trinajstić information content (AvgIpc) is 2.35. The van der Waals surface area contributed by atoms with E-state index in [4.69, 9.17) is 0 Å². The van der Waals surface area contributed by atoms with Gasteiger partial charge in [0, 0.05) is 43.8 Å². The van der Waals surface area contributed by atoms with Crippen molar-refractivity contribution in [1.29, 1.82) is 0 Å². The van der Waals surface area contributed by atoms with Crippen molar-refractivity contribution >= 4 is 0 Å². The Kier molecular flexibility index (Phi) is 4.34. The molecule has 0 aromatic heterocycles. The van der Waals surface area contributed by atoms with E-state index in [1.54, 1.807) is 0 Å². The first-order valence-corrected chi connectivity index (χ1v) is 10.8. The van der Waals surface area contributed by atoms with Crippen molar-refractivity contribution < 1.29 is 0 Å². The maximum Gasteiger partial charge on any atom is 0.0351 e. The van der Waals surface area contributed by atoms with Crippen LogP contribution >= 0.6 is 0 Å². The van der Waals surface area contributed by atoms with E-state index in [0.717, 1.165) is 18.0 Å². The Bertz CT molecular complexity index is 472. The van der Waals surface area contributed by atoms with E-state index in [-0.39, 0.29) is 0 Å². The SMILES string of the molecule is CC(C)(C)C1CCN(C2CC3(C2)CN(C2CN(C(C)(C)C)C2)C3)CC1. The van der Waals surface area contributed by atoms with Crippen LogP contribution in [-0.2, 0) is 0 Å². The topological polar surface area (TPSA) is 9.72 Å². The van der Waals surface area contributed by atoms with Crippen molar-refractivity contribution in [1.82, 2.24) is 14.7 Å². The van der Waals surface area contributed by atoms with Crippen LogP contribution in [0.25, 0.3) is 0 Å². The molecule has 3 saturated heterocycles. The minimum Gasteiger partial charge on any atom is -0.300 e. The highest BCUT2D eigenvalue weighted by molar-refractivity contribution is 5.11. The van der Waals surface area contributed by atoms with Gasteiger partial charge < -0.3 is 4.90 Å². The lowest BCUT2D eigenvalue weighted by atomic mass is 9.59. The van der Waals surface area contributed by atoms with Gasteiger partial charge in [-0.3, -0.25) is 9.80 Å². The van der Waals surface area contributed by atoms with E-state index in [2.05, 4.69) is 56.2 Å². The Morgan fingerprint density at radius 1 is 0.760 bits per heavy atom. The molecule has 4 rings (SSSR count). The van der Waals surface area contributed by atoms with Crippen molar-refractivity contribution in [2.75, 3.05) is 39.3 Å². The van der Waals surface area contributed by atoms with Crippen molar-refractivity contribution in [3.05, 3.63) is 0 Å². The molecule has 0 bridgehead atoms. The lowest BCUT2D eigenvalue weighted by Crippen LogP contribution is -2.74. The van der Waals surface area contributed by atoms with Gasteiger partial charge in [-0.1, -0.05) is 20.8 Å². The average molecular weight is 348 g/mol. The van der Waals surface area contributed by atoms with Gasteiger partial charge in [0.15, 0.2) is 0 Å². The van der Waals surface area contributed by atoms with Gasteiger partial charge in [0.05, 0.1) is 0 Å². The van der Waals surface area contributed by atoms with Crippen LogP contribution < -0.4 is 0 Å². The van der Waals surface area contributed by atoms with Crippen molar-refractivity contribution in [3.8, 4) is 0 Å². The molecule has 3 nitrogen and oxygen atoms in total. The van der Waals surface area contributed by atoms with Crippen LogP contribution in [0.15, 0.2) is 0 Å². The van der Waals surface area contributed by atoms with E-state index in [1.165, 1.54) is 65.0 Å². The van der Waals surface area contributed by atoms with E-state index in [9.17, 15) is 0 Å². The Morgan fingerprint density at radius 3 is 1.80 bits per heavy atom. The second-order valence-corrected chi connectivity index (χ2v) is 11.9. The molecule has 25 heavy (non-hydrogen) atoms. The number of likely N-dealkylation sites (tertiary alicyclic amines) is 3. The zero-order chi connectivity index (χ0) is 18.0. The summed E-state index contributed by atoms with van der Waals surface area (Å²) in [5, 5.41) is 0. The van der Waals surface area contributed by atoms with Gasteiger partial charge in [-0.05, 0) is 76.3 Å². The molecule has 0 aromatic rings. The summed E-state index contributed by atoms with van der Waals surface area (Å²) in [6.45, 7) is 22.4. The summed E-state index contributed by atoms with van der Waals surface area (Å²) in [5.41, 5.74) is 1.58. The van der Waals surface area contributed by atoms with Gasteiger partial charge >= 0.3 is 0 Å². The molecule has 144 valence electrons. The molecule has 3 aliphatic heterocycles. The summed E-state index contributed by atoms with van der Waals surface area (Å²) >= 11 is 0. The van der Waals surface area contributed by atoms with E-state index < -0.39 is 0 Å². The third kappa shape index (κ3) is 3.41. The quantitative estimate of drug-likeness (QED) is 0.754. The molecule has 0 amide bonds. The molecule has 3 heteroatoms. The molecular formula is C22H41N3. The Morgan fingerprint density at radius 2 is 1.32 bits per heavy atom. The highest BCUT2D eigenvalue weighted by Crippen LogP contribution is 2.52. The summed E-state index contributed by atoms with van der Waals surface area (Å²) in [4.78, 5) is 8.25. The van der Waals surface area contributed by atoms with Crippen molar-refractivity contribution in [2.24, 2.45) is 16.7 Å². The monoisotopic (exact) mass is 347 g/mol. The first-order valence-electron chi connectivity index (χ1n) is 10.8. The normalized spacial score (nSPS) is 31.0. The summed E-state index contributed by atoms with van der Waals surface area (Å²) < 4.78 is 0. The van der Waals surface area contributed by atoms with Gasteiger partial charge in [0.2, 0.25) is 0 Å². The van der Waals surface area contributed by atoms with Crippen LogP contribution in [0.3, 0.4) is 0 Å². The zero-order valence-electron chi connectivity index (χ0n) is 17.6. The fraction of sp³-hybridized carbons (Fsp3) is 1.00. The number of hydrogen-bond donors (Lipinski definition) is 0. The molecule has 4 fully saturated rings. The Labute approximate surface area is 156 Å². The second kappa shape index (κ2) is 5.94. The molecule has 3 heterocycles. The van der Waals surface area contributed by atoms with E-state index in [1.807, 2.05) is 0 Å². The van der Waals surface area contributed by atoms with E-state index in [0.29, 0.717) is 16.4 Å². The van der Waals surface area contributed by atoms with Crippen molar-refractivity contribution in [3.63, 3.8) is 0 Å². The largest absolute Gasteiger partial charge is 0.300 e. The van der Waals surface area contributed by atoms with Crippen LogP contribution in [0.4, 0.5) is 0 Å². The fourth-order valence-corrected chi connectivity index (χ4v) is 5.89. The maximum atomic E-state index is 2.83. The van der Waals surface area contributed by atoms with Crippen LogP contribution in [0.2, 0.25) is 0 Å². The Hall–Kier alpha value is -0.120. The number of rotatable bonds is 2. The second-order valence-electron chi connectivity index (χ2n) is 11.9. The molecule has 4 aliphatic rings. The van der Waals surface area contributed by atoms with Gasteiger partial charge in [-0.15, -0.1) is 0 Å². The first-order chi connectivity index (χ1) is 11.6. The minimum atomic E-state index is 0.361. The summed E-state index contributed by atoms with van der Waals surface area (Å²) in [7, 11) is 0. The molecule has 1 spiro atoms. The molecule has 1 saturated carbocycles. The van der Waals surface area contributed by atoms with Gasteiger partial charge in [0.25, 0.3) is 0 Å². The number of piperidine rings is 1. The summed E-state index contributed by atoms with van der Waals surface area (Å²) in [6, 6.07) is 1.77. The Balaban J connectivity index is 1.17. The minimum absolute atomic E-state index is 0.361. The maximum absolute atomic E-state index is 2.83. The van der Waals surface area contributed by atoms with Gasteiger partial charge in [0.1, 0.15) is 0 Å². The van der Waals surface area contributed by atoms with Crippen LogP contribution in [0.5, 0.6) is 0 Å². The lowest BCUT2D eigenvalue weighted by Gasteiger charge is -2.65. The van der Waals surface area contributed by atoms with E-state index >= 15 is 0 Å². The summed E-state index contributed by atoms with van der Waals surface area (Å²) in [6.07, 6.45) is 5.81. The summed E-state index contributed by atoms with van der Waals surface area (Å²) in [5.74, 6) is 0.932. The van der Waals surface area contributed by atoms with Crippen LogP contribution in [-0.4, -0.2) is 71.6 Å². The highest BCUT2D eigenvalue weighted by Gasteiger charge is 2.56. The van der Waals surface area contributed by atoms with Crippen LogP contribution in [0.1, 0.15) is 67.2 Å². The van der Waals surface area contributed by atoms with Gasteiger partial charge in [-0.25, -0.2) is 0 Å². The third-order valence-corrected chi connectivity index (χ3v) is 8.01. The predicted octanol–water partition coefficient (Wildman–Crippen LogP) is 3.69. The third-order valence-electron chi connectivity index (χ3n) is 8.01. The molecule has 0 aromatic carbocycles. The first kappa shape index (κ1) is 18.3. The number of nitrogens with zero attached hydrogens (tertiary/aromatic N) is 3. The smallest absolute Gasteiger partial charge is 0.0351 e. The fourth-order valence-electron chi connectivity index (χ4n) is 5.89. The molecule has 0 atom stereocenters. The molecular weight excluding hydrogens is 306 g/mol. The standard InChI is InChI=1S/C22H41N3/c1-20(2,3)17-7-9-23(10-8-17)18-11-22(12-18)15-24(16-22)19-13-25(14-19)21(4,5)6/h17-19H,7-16H2,1-6H3. The highest BCUT2D eigenvalue weighted by atomic mass is 15.4. The number of hydrogen-bond acceptors (Lipinski definition) is 3. The van der Waals surface area contributed by atoms with Gasteiger partial charge in [-0.2, -0.15) is 0 Å². The molecule has 0 N–H and O–H groups in total. The molecule has 0 unspecified atom stereocenters. The van der Waals surface area contributed by atoms with Crippen molar-refractivity contribution in [2.45, 2.75) is 84.8 Å². The lowest BCUT2D eigenvalue weighted by molar-refractivity contribution is -0.157. The van der Waals surface area contributed by atoms with Crippen LogP contribution in [0, 0.1) is 16.7 Å². The predicted molar refractivity (Wildman–Crippen MR) is 106 cm³/mol. The zero-order valence-corrected chi connectivity index (χ0v) is 17.6. The molecule has 0 radical (unpaired) electrons.